The lowest BCUT2D eigenvalue weighted by Gasteiger charge is -2.06. The standard InChI is InChI=1S/C9H10FNO/c1-2-3-9(12)7-4-8(10)6-11-5-7/h2,4-6,9,12H,1,3H2. The summed E-state index contributed by atoms with van der Waals surface area (Å²) in [5.41, 5.74) is 0.481. The van der Waals surface area contributed by atoms with Crippen LogP contribution in [-0.4, -0.2) is 10.1 Å². The van der Waals surface area contributed by atoms with Gasteiger partial charge < -0.3 is 5.11 Å². The highest BCUT2D eigenvalue weighted by Crippen LogP contribution is 2.15. The third kappa shape index (κ3) is 2.13. The fraction of sp³-hybridized carbons (Fsp3) is 0.222. The molecule has 0 aliphatic rings. The van der Waals surface area contributed by atoms with Crippen molar-refractivity contribution in [2.45, 2.75) is 12.5 Å². The second kappa shape index (κ2) is 3.97. The predicted octanol–water partition coefficient (Wildman–Crippen LogP) is 1.83. The maximum atomic E-state index is 12.6. The summed E-state index contributed by atoms with van der Waals surface area (Å²) >= 11 is 0. The second-order valence-corrected chi connectivity index (χ2v) is 2.48. The summed E-state index contributed by atoms with van der Waals surface area (Å²) in [6.45, 7) is 3.47. The lowest BCUT2D eigenvalue weighted by Crippen LogP contribution is -1.96. The van der Waals surface area contributed by atoms with E-state index in [4.69, 9.17) is 0 Å². The second-order valence-electron chi connectivity index (χ2n) is 2.48. The van der Waals surface area contributed by atoms with E-state index in [-0.39, 0.29) is 0 Å². The van der Waals surface area contributed by atoms with E-state index in [9.17, 15) is 9.50 Å². The van der Waals surface area contributed by atoms with E-state index >= 15 is 0 Å². The van der Waals surface area contributed by atoms with Gasteiger partial charge in [-0.1, -0.05) is 6.08 Å². The first kappa shape index (κ1) is 8.87. The highest BCUT2D eigenvalue weighted by molar-refractivity contribution is 5.13. The molecule has 0 aliphatic carbocycles. The average molecular weight is 167 g/mol. The molecule has 0 saturated carbocycles. The number of pyridine rings is 1. The van der Waals surface area contributed by atoms with Gasteiger partial charge in [0, 0.05) is 11.8 Å². The van der Waals surface area contributed by atoms with E-state index in [0.29, 0.717) is 12.0 Å². The highest BCUT2D eigenvalue weighted by Gasteiger charge is 2.05. The summed E-state index contributed by atoms with van der Waals surface area (Å²) in [7, 11) is 0. The third-order valence-electron chi connectivity index (χ3n) is 1.50. The van der Waals surface area contributed by atoms with Crippen molar-refractivity contribution in [2.24, 2.45) is 0 Å². The minimum atomic E-state index is -0.703. The van der Waals surface area contributed by atoms with E-state index in [1.807, 2.05) is 0 Å². The Balaban J connectivity index is 2.80. The smallest absolute Gasteiger partial charge is 0.141 e. The molecule has 1 aromatic rings. The Morgan fingerprint density at radius 3 is 3.00 bits per heavy atom. The van der Waals surface area contributed by atoms with Crippen LogP contribution < -0.4 is 0 Å². The van der Waals surface area contributed by atoms with E-state index in [1.165, 1.54) is 12.3 Å². The Morgan fingerprint density at radius 1 is 1.67 bits per heavy atom. The van der Waals surface area contributed by atoms with E-state index in [2.05, 4.69) is 11.6 Å². The van der Waals surface area contributed by atoms with Crippen LogP contribution in [0.2, 0.25) is 0 Å². The van der Waals surface area contributed by atoms with E-state index in [0.717, 1.165) is 6.20 Å². The van der Waals surface area contributed by atoms with Gasteiger partial charge in [0.05, 0.1) is 12.3 Å². The van der Waals surface area contributed by atoms with Gasteiger partial charge in [0.1, 0.15) is 5.82 Å². The molecule has 1 atom stereocenters. The molecule has 1 heterocycles. The summed E-state index contributed by atoms with van der Waals surface area (Å²) < 4.78 is 12.6. The molecule has 2 nitrogen and oxygen atoms in total. The van der Waals surface area contributed by atoms with Gasteiger partial charge in [-0.2, -0.15) is 0 Å². The Bertz CT molecular complexity index is 275. The van der Waals surface area contributed by atoms with Crippen LogP contribution in [-0.2, 0) is 0 Å². The molecule has 0 fully saturated rings. The van der Waals surface area contributed by atoms with Crippen LogP contribution in [0.5, 0.6) is 0 Å². The zero-order valence-electron chi connectivity index (χ0n) is 6.57. The topological polar surface area (TPSA) is 33.1 Å². The lowest BCUT2D eigenvalue weighted by atomic mass is 10.1. The van der Waals surface area contributed by atoms with E-state index in [1.54, 1.807) is 6.08 Å². The van der Waals surface area contributed by atoms with Crippen molar-refractivity contribution >= 4 is 0 Å². The van der Waals surface area contributed by atoms with Gasteiger partial charge >= 0.3 is 0 Å². The van der Waals surface area contributed by atoms with Crippen molar-refractivity contribution in [3.05, 3.63) is 42.5 Å². The van der Waals surface area contributed by atoms with Crippen molar-refractivity contribution in [2.75, 3.05) is 0 Å². The maximum Gasteiger partial charge on any atom is 0.141 e. The molecule has 0 radical (unpaired) electrons. The van der Waals surface area contributed by atoms with Crippen LogP contribution in [0, 0.1) is 5.82 Å². The molecule has 0 amide bonds. The normalized spacial score (nSPS) is 12.5. The Kier molecular flexibility index (Phi) is 2.94. The van der Waals surface area contributed by atoms with Crippen molar-refractivity contribution in [3.8, 4) is 0 Å². The van der Waals surface area contributed by atoms with Gasteiger partial charge in [-0.3, -0.25) is 4.98 Å². The highest BCUT2D eigenvalue weighted by atomic mass is 19.1. The van der Waals surface area contributed by atoms with Crippen molar-refractivity contribution < 1.29 is 9.50 Å². The largest absolute Gasteiger partial charge is 0.388 e. The van der Waals surface area contributed by atoms with Gasteiger partial charge in [-0.05, 0) is 12.5 Å². The van der Waals surface area contributed by atoms with Crippen LogP contribution in [0.1, 0.15) is 18.1 Å². The number of aliphatic hydroxyl groups is 1. The number of nitrogens with zero attached hydrogens (tertiary/aromatic N) is 1. The molecule has 1 unspecified atom stereocenters. The SMILES string of the molecule is C=CCC(O)c1cncc(F)c1. The molecule has 64 valence electrons. The first-order valence-electron chi connectivity index (χ1n) is 3.63. The number of halogens is 1. The molecule has 1 aromatic heterocycles. The number of hydrogen-bond donors (Lipinski definition) is 1. The third-order valence-corrected chi connectivity index (χ3v) is 1.50. The maximum absolute atomic E-state index is 12.6. The van der Waals surface area contributed by atoms with E-state index < -0.39 is 11.9 Å². The molecule has 0 saturated heterocycles. The zero-order valence-corrected chi connectivity index (χ0v) is 6.57. The Morgan fingerprint density at radius 2 is 2.42 bits per heavy atom. The van der Waals surface area contributed by atoms with Gasteiger partial charge in [0.2, 0.25) is 0 Å². The summed E-state index contributed by atoms with van der Waals surface area (Å²) in [5, 5.41) is 9.37. The van der Waals surface area contributed by atoms with Crippen molar-refractivity contribution in [1.29, 1.82) is 0 Å². The minimum Gasteiger partial charge on any atom is -0.388 e. The molecule has 12 heavy (non-hydrogen) atoms. The number of aliphatic hydroxyl groups excluding tert-OH is 1. The van der Waals surface area contributed by atoms with Crippen LogP contribution >= 0.6 is 0 Å². The molecular weight excluding hydrogens is 157 g/mol. The summed E-state index contributed by atoms with van der Waals surface area (Å²) in [6.07, 6.45) is 3.83. The lowest BCUT2D eigenvalue weighted by molar-refractivity contribution is 0.180. The Labute approximate surface area is 70.4 Å². The quantitative estimate of drug-likeness (QED) is 0.696. The molecule has 1 rings (SSSR count). The van der Waals surface area contributed by atoms with Crippen LogP contribution in [0.15, 0.2) is 31.1 Å². The molecule has 1 N–H and O–H groups in total. The molecular formula is C9H10FNO. The monoisotopic (exact) mass is 167 g/mol. The zero-order chi connectivity index (χ0) is 8.97. The molecule has 3 heteroatoms. The average Bonchev–Trinajstić information content (AvgIpc) is 2.05. The van der Waals surface area contributed by atoms with Crippen LogP contribution in [0.25, 0.3) is 0 Å². The van der Waals surface area contributed by atoms with Gasteiger partial charge in [-0.25, -0.2) is 4.39 Å². The first-order valence-corrected chi connectivity index (χ1v) is 3.63. The fourth-order valence-corrected chi connectivity index (χ4v) is 0.904. The number of rotatable bonds is 3. The van der Waals surface area contributed by atoms with Gasteiger partial charge in [-0.15, -0.1) is 6.58 Å². The minimum absolute atomic E-state index is 0.408. The van der Waals surface area contributed by atoms with Gasteiger partial charge in [0.25, 0.3) is 0 Å². The number of hydrogen-bond acceptors (Lipinski definition) is 2. The predicted molar refractivity (Wildman–Crippen MR) is 44.0 cm³/mol. The summed E-state index contributed by atoms with van der Waals surface area (Å²) in [6, 6.07) is 1.27. The summed E-state index contributed by atoms with van der Waals surface area (Å²) in [5.74, 6) is -0.435. The fourth-order valence-electron chi connectivity index (χ4n) is 0.904. The number of aromatic nitrogens is 1. The molecule has 0 aliphatic heterocycles. The summed E-state index contributed by atoms with van der Waals surface area (Å²) in [4.78, 5) is 3.62. The Hall–Kier alpha value is -1.22. The first-order chi connectivity index (χ1) is 5.74. The van der Waals surface area contributed by atoms with Gasteiger partial charge in [0.15, 0.2) is 0 Å². The van der Waals surface area contributed by atoms with Crippen LogP contribution in [0.3, 0.4) is 0 Å². The molecule has 0 aromatic carbocycles. The molecule has 0 spiro atoms. The van der Waals surface area contributed by atoms with Crippen LogP contribution in [0.4, 0.5) is 4.39 Å². The van der Waals surface area contributed by atoms with Crippen molar-refractivity contribution in [1.82, 2.24) is 4.98 Å². The molecule has 0 bridgehead atoms. The van der Waals surface area contributed by atoms with Crippen molar-refractivity contribution in [3.63, 3.8) is 0 Å².